The van der Waals surface area contributed by atoms with Crippen LogP contribution >= 0.6 is 0 Å². The van der Waals surface area contributed by atoms with Gasteiger partial charge in [-0.2, -0.15) is 0 Å². The summed E-state index contributed by atoms with van der Waals surface area (Å²) in [6, 6.07) is 3.45. The first-order chi connectivity index (χ1) is 12.5. The molecule has 1 spiro atoms. The van der Waals surface area contributed by atoms with E-state index in [0.29, 0.717) is 18.0 Å². The summed E-state index contributed by atoms with van der Waals surface area (Å²) >= 11 is 0. The van der Waals surface area contributed by atoms with Gasteiger partial charge in [0.25, 0.3) is 5.91 Å². The molecule has 2 amide bonds. The minimum atomic E-state index is -0.127. The number of hydrogen-bond donors (Lipinski definition) is 1. The third-order valence-corrected chi connectivity index (χ3v) is 5.57. The summed E-state index contributed by atoms with van der Waals surface area (Å²) in [5.41, 5.74) is 0.514. The number of aromatic nitrogens is 1. The fourth-order valence-electron chi connectivity index (χ4n) is 3.99. The van der Waals surface area contributed by atoms with Crippen molar-refractivity contribution < 1.29 is 14.3 Å². The first-order valence-electron chi connectivity index (χ1n) is 9.60. The van der Waals surface area contributed by atoms with Crippen LogP contribution in [0.2, 0.25) is 0 Å². The summed E-state index contributed by atoms with van der Waals surface area (Å²) < 4.78 is 6.16. The van der Waals surface area contributed by atoms with Crippen LogP contribution in [0.5, 0.6) is 0 Å². The minimum absolute atomic E-state index is 0.0486. The van der Waals surface area contributed by atoms with Crippen LogP contribution in [0.4, 0.5) is 0 Å². The highest BCUT2D eigenvalue weighted by Crippen LogP contribution is 2.37. The standard InChI is InChI=1S/C20H29N3O3/c1-15(2)19(25)23-10-6-20(7-11-23)13-16(5-12-26-20)14-22-18(24)17-3-8-21-9-4-17/h3-4,8-9,15-16H,5-7,10-14H2,1-2H3,(H,22,24). The Morgan fingerprint density at radius 2 is 2.00 bits per heavy atom. The highest BCUT2D eigenvalue weighted by atomic mass is 16.5. The van der Waals surface area contributed by atoms with Gasteiger partial charge in [0.1, 0.15) is 0 Å². The molecular weight excluding hydrogens is 330 g/mol. The normalized spacial score (nSPS) is 22.4. The molecule has 1 atom stereocenters. The quantitative estimate of drug-likeness (QED) is 0.895. The average Bonchev–Trinajstić information content (AvgIpc) is 2.67. The average molecular weight is 359 g/mol. The molecular formula is C20H29N3O3. The summed E-state index contributed by atoms with van der Waals surface area (Å²) in [6.45, 7) is 6.84. The van der Waals surface area contributed by atoms with Crippen LogP contribution in [-0.2, 0) is 9.53 Å². The summed E-state index contributed by atoms with van der Waals surface area (Å²) in [7, 11) is 0. The fraction of sp³-hybridized carbons (Fsp3) is 0.650. The maximum atomic E-state index is 12.2. The summed E-state index contributed by atoms with van der Waals surface area (Å²) in [5, 5.41) is 3.05. The third kappa shape index (κ3) is 4.41. The van der Waals surface area contributed by atoms with E-state index in [1.807, 2.05) is 18.7 Å². The topological polar surface area (TPSA) is 71.5 Å². The van der Waals surface area contributed by atoms with E-state index >= 15 is 0 Å². The van der Waals surface area contributed by atoms with Crippen LogP contribution in [0.25, 0.3) is 0 Å². The molecule has 2 aliphatic heterocycles. The summed E-state index contributed by atoms with van der Waals surface area (Å²) in [4.78, 5) is 30.3. The van der Waals surface area contributed by atoms with Gasteiger partial charge in [-0.05, 0) is 43.7 Å². The number of hydrogen-bond acceptors (Lipinski definition) is 4. The molecule has 2 saturated heterocycles. The van der Waals surface area contributed by atoms with Crippen molar-refractivity contribution in [1.82, 2.24) is 15.2 Å². The van der Waals surface area contributed by atoms with Crippen molar-refractivity contribution >= 4 is 11.8 Å². The molecule has 6 nitrogen and oxygen atoms in total. The molecule has 26 heavy (non-hydrogen) atoms. The number of pyridine rings is 1. The number of likely N-dealkylation sites (tertiary alicyclic amines) is 1. The van der Waals surface area contributed by atoms with Gasteiger partial charge >= 0.3 is 0 Å². The molecule has 3 rings (SSSR count). The Labute approximate surface area is 155 Å². The number of carbonyl (C=O) groups is 2. The Morgan fingerprint density at radius 3 is 2.65 bits per heavy atom. The third-order valence-electron chi connectivity index (χ3n) is 5.57. The molecule has 0 bridgehead atoms. The highest BCUT2D eigenvalue weighted by Gasteiger charge is 2.41. The molecule has 1 aromatic rings. The Balaban J connectivity index is 1.50. The maximum absolute atomic E-state index is 12.2. The number of ether oxygens (including phenoxy) is 1. The van der Waals surface area contributed by atoms with Crippen molar-refractivity contribution in [3.05, 3.63) is 30.1 Å². The van der Waals surface area contributed by atoms with Crippen LogP contribution < -0.4 is 5.32 Å². The van der Waals surface area contributed by atoms with Gasteiger partial charge in [-0.25, -0.2) is 0 Å². The van der Waals surface area contributed by atoms with Crippen LogP contribution in [-0.4, -0.2) is 53.5 Å². The maximum Gasteiger partial charge on any atom is 0.251 e. The lowest BCUT2D eigenvalue weighted by Crippen LogP contribution is -2.52. The lowest BCUT2D eigenvalue weighted by molar-refractivity contribution is -0.149. The van der Waals surface area contributed by atoms with Gasteiger partial charge in [-0.3, -0.25) is 14.6 Å². The minimum Gasteiger partial charge on any atom is -0.375 e. The van der Waals surface area contributed by atoms with E-state index in [2.05, 4.69) is 10.3 Å². The van der Waals surface area contributed by atoms with Crippen LogP contribution in [0.15, 0.2) is 24.5 Å². The van der Waals surface area contributed by atoms with E-state index in [-0.39, 0.29) is 23.3 Å². The monoisotopic (exact) mass is 359 g/mol. The molecule has 0 aliphatic carbocycles. The molecule has 0 radical (unpaired) electrons. The van der Waals surface area contributed by atoms with E-state index in [1.54, 1.807) is 24.5 Å². The second-order valence-electron chi connectivity index (χ2n) is 7.82. The Morgan fingerprint density at radius 1 is 1.31 bits per heavy atom. The number of amides is 2. The van der Waals surface area contributed by atoms with Gasteiger partial charge in [-0.15, -0.1) is 0 Å². The molecule has 142 valence electrons. The van der Waals surface area contributed by atoms with Crippen molar-refractivity contribution in [1.29, 1.82) is 0 Å². The first kappa shape index (κ1) is 18.8. The molecule has 0 aromatic carbocycles. The Kier molecular flexibility index (Phi) is 5.91. The molecule has 0 saturated carbocycles. The van der Waals surface area contributed by atoms with Gasteiger partial charge in [0.15, 0.2) is 0 Å². The van der Waals surface area contributed by atoms with Crippen molar-refractivity contribution in [2.75, 3.05) is 26.2 Å². The summed E-state index contributed by atoms with van der Waals surface area (Å²) in [5.74, 6) is 0.650. The Bertz CT molecular complexity index is 624. The molecule has 2 aliphatic rings. The highest BCUT2D eigenvalue weighted by molar-refractivity contribution is 5.93. The molecule has 2 fully saturated rings. The summed E-state index contributed by atoms with van der Waals surface area (Å²) in [6.07, 6.45) is 6.95. The predicted molar refractivity (Wildman–Crippen MR) is 98.6 cm³/mol. The van der Waals surface area contributed by atoms with Crippen molar-refractivity contribution in [2.45, 2.75) is 45.1 Å². The zero-order valence-corrected chi connectivity index (χ0v) is 15.7. The first-order valence-corrected chi connectivity index (χ1v) is 9.60. The second kappa shape index (κ2) is 8.16. The lowest BCUT2D eigenvalue weighted by atomic mass is 9.79. The number of rotatable bonds is 4. The van der Waals surface area contributed by atoms with Gasteiger partial charge < -0.3 is 15.0 Å². The van der Waals surface area contributed by atoms with Crippen molar-refractivity contribution in [2.24, 2.45) is 11.8 Å². The van der Waals surface area contributed by atoms with Gasteiger partial charge in [0, 0.05) is 50.1 Å². The van der Waals surface area contributed by atoms with E-state index < -0.39 is 0 Å². The zero-order valence-electron chi connectivity index (χ0n) is 15.7. The molecule has 1 aromatic heterocycles. The van der Waals surface area contributed by atoms with E-state index in [4.69, 9.17) is 4.74 Å². The van der Waals surface area contributed by atoms with Crippen molar-refractivity contribution in [3.63, 3.8) is 0 Å². The van der Waals surface area contributed by atoms with E-state index in [0.717, 1.165) is 45.4 Å². The second-order valence-corrected chi connectivity index (χ2v) is 7.82. The molecule has 3 heterocycles. The number of nitrogens with zero attached hydrogens (tertiary/aromatic N) is 2. The molecule has 1 N–H and O–H groups in total. The number of nitrogens with one attached hydrogen (secondary N) is 1. The number of carbonyl (C=O) groups excluding carboxylic acids is 2. The fourth-order valence-corrected chi connectivity index (χ4v) is 3.99. The zero-order chi connectivity index (χ0) is 18.6. The SMILES string of the molecule is CC(C)C(=O)N1CCC2(CC1)CC(CNC(=O)c1ccncc1)CCO2. The predicted octanol–water partition coefficient (Wildman–Crippen LogP) is 2.26. The van der Waals surface area contributed by atoms with Crippen LogP contribution in [0, 0.1) is 11.8 Å². The lowest BCUT2D eigenvalue weighted by Gasteiger charge is -2.46. The smallest absolute Gasteiger partial charge is 0.251 e. The van der Waals surface area contributed by atoms with Crippen LogP contribution in [0.1, 0.15) is 49.9 Å². The van der Waals surface area contributed by atoms with Gasteiger partial charge in [0.05, 0.1) is 5.60 Å². The van der Waals surface area contributed by atoms with Gasteiger partial charge in [0.2, 0.25) is 5.91 Å². The van der Waals surface area contributed by atoms with Crippen LogP contribution in [0.3, 0.4) is 0 Å². The van der Waals surface area contributed by atoms with Gasteiger partial charge in [-0.1, -0.05) is 13.8 Å². The Hall–Kier alpha value is -1.95. The molecule has 6 heteroatoms. The van der Waals surface area contributed by atoms with E-state index in [9.17, 15) is 9.59 Å². The molecule has 1 unspecified atom stereocenters. The largest absolute Gasteiger partial charge is 0.375 e. The van der Waals surface area contributed by atoms with E-state index in [1.165, 1.54) is 0 Å². The van der Waals surface area contributed by atoms with Crippen molar-refractivity contribution in [3.8, 4) is 0 Å². The number of piperidine rings is 1.